The predicted molar refractivity (Wildman–Crippen MR) is 136 cm³/mol. The molecule has 2 amide bonds. The van der Waals surface area contributed by atoms with Gasteiger partial charge in [-0.25, -0.2) is 14.8 Å². The van der Waals surface area contributed by atoms with Gasteiger partial charge in [-0.05, 0) is 80.6 Å². The van der Waals surface area contributed by atoms with Gasteiger partial charge >= 0.3 is 19.2 Å². The maximum Gasteiger partial charge on any atom is 0.498 e. The number of aromatic nitrogens is 2. The van der Waals surface area contributed by atoms with Crippen molar-refractivity contribution in [2.45, 2.75) is 97.5 Å². The van der Waals surface area contributed by atoms with Gasteiger partial charge < -0.3 is 29.0 Å². The Labute approximate surface area is 215 Å². The van der Waals surface area contributed by atoms with Crippen molar-refractivity contribution in [1.82, 2.24) is 20.2 Å². The van der Waals surface area contributed by atoms with Crippen molar-refractivity contribution in [3.05, 3.63) is 12.4 Å². The van der Waals surface area contributed by atoms with Crippen molar-refractivity contribution < 1.29 is 28.4 Å². The Hall–Kier alpha value is -2.40. The van der Waals surface area contributed by atoms with Gasteiger partial charge in [-0.3, -0.25) is 4.79 Å². The van der Waals surface area contributed by atoms with Gasteiger partial charge in [-0.1, -0.05) is 0 Å². The summed E-state index contributed by atoms with van der Waals surface area (Å²) in [6.45, 7) is 16.8. The number of hydrogen-bond acceptors (Lipinski definition) is 8. The molecule has 0 bridgehead atoms. The topological polar surface area (TPSA) is 112 Å². The zero-order chi connectivity index (χ0) is 26.7. The average molecular weight is 504 g/mol. The standard InChI is InChI=1S/C25H41BN4O6/c1-17(29-22(32)34-23(2,3)4)20(31)30-12-9-10-18(16-30)11-13-33-21-27-14-19(15-28-21)26-35-24(5,6)25(7,8)36-26/h14-15,17-18H,9-13,16H2,1-8H3,(H,29,32)/t17-,18-/m0/s1. The summed E-state index contributed by atoms with van der Waals surface area (Å²) in [6, 6.07) is -0.347. The Morgan fingerprint density at radius 1 is 1.19 bits per heavy atom. The van der Waals surface area contributed by atoms with Gasteiger partial charge in [0, 0.05) is 30.9 Å². The van der Waals surface area contributed by atoms with E-state index >= 15 is 0 Å². The molecule has 0 saturated carbocycles. The first kappa shape index (κ1) is 28.2. The highest BCUT2D eigenvalue weighted by Crippen LogP contribution is 2.36. The van der Waals surface area contributed by atoms with Gasteiger partial charge in [0.2, 0.25) is 5.91 Å². The number of nitrogens with one attached hydrogen (secondary N) is 1. The van der Waals surface area contributed by atoms with Crippen LogP contribution in [0.15, 0.2) is 12.4 Å². The van der Waals surface area contributed by atoms with Crippen LogP contribution in [0.25, 0.3) is 0 Å². The van der Waals surface area contributed by atoms with E-state index in [1.165, 1.54) is 0 Å². The van der Waals surface area contributed by atoms with Crippen molar-refractivity contribution in [1.29, 1.82) is 0 Å². The van der Waals surface area contributed by atoms with Gasteiger partial charge in [0.1, 0.15) is 11.6 Å². The minimum absolute atomic E-state index is 0.104. The van der Waals surface area contributed by atoms with E-state index in [0.717, 1.165) is 24.7 Å². The van der Waals surface area contributed by atoms with Crippen molar-refractivity contribution in [3.63, 3.8) is 0 Å². The summed E-state index contributed by atoms with van der Waals surface area (Å²) < 4.78 is 23.1. The van der Waals surface area contributed by atoms with Crippen molar-refractivity contribution >= 4 is 24.6 Å². The Bertz CT molecular complexity index is 902. The molecule has 2 saturated heterocycles. The number of alkyl carbamates (subject to hydrolysis) is 1. The van der Waals surface area contributed by atoms with Gasteiger partial charge in [0.25, 0.3) is 0 Å². The second-order valence-electron chi connectivity index (χ2n) is 11.7. The largest absolute Gasteiger partial charge is 0.498 e. The predicted octanol–water partition coefficient (Wildman–Crippen LogP) is 2.70. The van der Waals surface area contributed by atoms with Gasteiger partial charge in [-0.15, -0.1) is 0 Å². The number of rotatable bonds is 7. The SMILES string of the molecule is C[C@H](NC(=O)OC(C)(C)C)C(=O)N1CCC[C@@H](CCOc2ncc(B3OC(C)(C)C(C)(C)O3)cn2)C1. The fraction of sp³-hybridized carbons (Fsp3) is 0.760. The second-order valence-corrected chi connectivity index (χ2v) is 11.7. The van der Waals surface area contributed by atoms with Crippen LogP contribution < -0.4 is 15.5 Å². The number of carbonyl (C=O) groups is 2. The monoisotopic (exact) mass is 504 g/mol. The number of carbonyl (C=O) groups excluding carboxylic acids is 2. The Kier molecular flexibility index (Phi) is 8.55. The van der Waals surface area contributed by atoms with E-state index < -0.39 is 36.1 Å². The molecule has 1 aromatic heterocycles. The van der Waals surface area contributed by atoms with E-state index in [1.807, 2.05) is 32.6 Å². The minimum atomic E-state index is -0.647. The molecule has 2 atom stereocenters. The van der Waals surface area contributed by atoms with Crippen LogP contribution in [0.3, 0.4) is 0 Å². The number of piperidine rings is 1. The van der Waals surface area contributed by atoms with Crippen LogP contribution in [0.1, 0.15) is 74.7 Å². The summed E-state index contributed by atoms with van der Waals surface area (Å²) >= 11 is 0. The maximum atomic E-state index is 12.8. The number of ether oxygens (including phenoxy) is 2. The van der Waals surface area contributed by atoms with Crippen LogP contribution in [0.2, 0.25) is 0 Å². The van der Waals surface area contributed by atoms with Crippen LogP contribution in [-0.4, -0.2) is 76.5 Å². The molecule has 1 aromatic rings. The molecule has 0 aromatic carbocycles. The molecule has 1 N–H and O–H groups in total. The van der Waals surface area contributed by atoms with Crippen molar-refractivity contribution in [3.8, 4) is 6.01 Å². The maximum absolute atomic E-state index is 12.8. The zero-order valence-electron chi connectivity index (χ0n) is 22.9. The summed E-state index contributed by atoms with van der Waals surface area (Å²) in [5, 5.41) is 2.64. The molecule has 36 heavy (non-hydrogen) atoms. The quantitative estimate of drug-likeness (QED) is 0.565. The van der Waals surface area contributed by atoms with Crippen LogP contribution in [0.5, 0.6) is 6.01 Å². The van der Waals surface area contributed by atoms with Crippen molar-refractivity contribution in [2.75, 3.05) is 19.7 Å². The van der Waals surface area contributed by atoms with E-state index in [9.17, 15) is 9.59 Å². The normalized spacial score (nSPS) is 22.2. The third kappa shape index (κ3) is 7.32. The molecule has 2 aliphatic rings. The lowest BCUT2D eigenvalue weighted by molar-refractivity contribution is -0.135. The van der Waals surface area contributed by atoms with Crippen LogP contribution in [-0.2, 0) is 18.8 Å². The van der Waals surface area contributed by atoms with E-state index in [2.05, 4.69) is 15.3 Å². The molecule has 10 nitrogen and oxygen atoms in total. The van der Waals surface area contributed by atoms with Gasteiger partial charge in [0.05, 0.1) is 17.8 Å². The van der Waals surface area contributed by atoms with E-state index in [1.54, 1.807) is 40.1 Å². The first-order valence-corrected chi connectivity index (χ1v) is 12.8. The molecule has 11 heteroatoms. The Morgan fingerprint density at radius 3 is 2.39 bits per heavy atom. The van der Waals surface area contributed by atoms with Crippen LogP contribution in [0.4, 0.5) is 4.79 Å². The molecule has 3 rings (SSSR count). The molecular formula is C25H41BN4O6. The molecule has 200 valence electrons. The molecule has 0 radical (unpaired) electrons. The number of nitrogens with zero attached hydrogens (tertiary/aromatic N) is 3. The first-order chi connectivity index (χ1) is 16.7. The number of likely N-dealkylation sites (tertiary alicyclic amines) is 1. The Morgan fingerprint density at radius 2 is 1.81 bits per heavy atom. The van der Waals surface area contributed by atoms with Gasteiger partial charge in [-0.2, -0.15) is 0 Å². The molecule has 3 heterocycles. The third-order valence-corrected chi connectivity index (χ3v) is 6.87. The lowest BCUT2D eigenvalue weighted by Crippen LogP contribution is -2.50. The van der Waals surface area contributed by atoms with E-state index in [4.69, 9.17) is 18.8 Å². The molecule has 0 aliphatic carbocycles. The fourth-order valence-corrected chi connectivity index (χ4v) is 4.14. The molecule has 2 fully saturated rings. The highest BCUT2D eigenvalue weighted by molar-refractivity contribution is 6.61. The van der Waals surface area contributed by atoms with Crippen molar-refractivity contribution in [2.24, 2.45) is 5.92 Å². The Balaban J connectivity index is 1.43. The zero-order valence-corrected chi connectivity index (χ0v) is 22.9. The highest BCUT2D eigenvalue weighted by atomic mass is 16.7. The lowest BCUT2D eigenvalue weighted by Gasteiger charge is -2.34. The summed E-state index contributed by atoms with van der Waals surface area (Å²) in [6.07, 6.45) is 5.46. The molecule has 0 unspecified atom stereocenters. The van der Waals surface area contributed by atoms with Crippen LogP contribution >= 0.6 is 0 Å². The minimum Gasteiger partial charge on any atom is -0.463 e. The molecule has 2 aliphatic heterocycles. The third-order valence-electron chi connectivity index (χ3n) is 6.87. The lowest BCUT2D eigenvalue weighted by atomic mass is 9.81. The second kappa shape index (κ2) is 10.9. The van der Waals surface area contributed by atoms with E-state index in [0.29, 0.717) is 31.6 Å². The first-order valence-electron chi connectivity index (χ1n) is 12.8. The summed E-state index contributed by atoms with van der Waals surface area (Å²) in [4.78, 5) is 35.3. The summed E-state index contributed by atoms with van der Waals surface area (Å²) in [5.41, 5.74) is -0.715. The highest BCUT2D eigenvalue weighted by Gasteiger charge is 2.52. The average Bonchev–Trinajstić information content (AvgIpc) is 2.99. The smallest absolute Gasteiger partial charge is 0.463 e. The number of amides is 2. The molecule has 0 spiro atoms. The van der Waals surface area contributed by atoms with Gasteiger partial charge in [0.15, 0.2) is 0 Å². The summed E-state index contributed by atoms with van der Waals surface area (Å²) in [5.74, 6) is 0.202. The van der Waals surface area contributed by atoms with E-state index in [-0.39, 0.29) is 5.91 Å². The summed E-state index contributed by atoms with van der Waals surface area (Å²) in [7, 11) is -0.512. The molecular weight excluding hydrogens is 463 g/mol. The van der Waals surface area contributed by atoms with Crippen LogP contribution in [0, 0.1) is 5.92 Å². The number of hydrogen-bond donors (Lipinski definition) is 1. The fourth-order valence-electron chi connectivity index (χ4n) is 4.14.